The van der Waals surface area contributed by atoms with Crippen LogP contribution >= 0.6 is 11.3 Å². The van der Waals surface area contributed by atoms with Crippen molar-refractivity contribution in [3.05, 3.63) is 68.8 Å². The van der Waals surface area contributed by atoms with Crippen molar-refractivity contribution in [1.82, 2.24) is 14.5 Å². The van der Waals surface area contributed by atoms with E-state index >= 15 is 0 Å². The van der Waals surface area contributed by atoms with E-state index in [0.29, 0.717) is 11.4 Å². The number of pyridine rings is 1. The molecule has 0 saturated carbocycles. The van der Waals surface area contributed by atoms with Gasteiger partial charge in [0.25, 0.3) is 5.91 Å². The SMILES string of the molecule is CC(C)N1C[C@](C)(CO)n2cc(-c3ncc(Cc4ccc(F)cc4)s3)c(=O)c(O)c2C1=O. The van der Waals surface area contributed by atoms with E-state index in [2.05, 4.69) is 4.98 Å². The lowest BCUT2D eigenvalue weighted by molar-refractivity contribution is 0.0348. The standard InChI is InChI=1S/C23H24FN3O4S/c1-13(2)26-11-23(3,12-28)27-10-17(19(29)20(30)18(27)22(26)31)21-25-9-16(32-21)8-14-4-6-15(24)7-5-14/h4-7,9-10,13,28,30H,8,11-12H2,1-3H3/t23-/m1/s1. The van der Waals surface area contributed by atoms with Crippen LogP contribution in [0.25, 0.3) is 10.6 Å². The molecule has 0 spiro atoms. The molecule has 32 heavy (non-hydrogen) atoms. The number of aromatic nitrogens is 2. The van der Waals surface area contributed by atoms with E-state index < -0.39 is 22.6 Å². The smallest absolute Gasteiger partial charge is 0.274 e. The van der Waals surface area contributed by atoms with Crippen LogP contribution in [0.1, 0.15) is 41.7 Å². The first-order valence-corrected chi connectivity index (χ1v) is 11.1. The Balaban J connectivity index is 1.78. The van der Waals surface area contributed by atoms with E-state index in [1.54, 1.807) is 25.3 Å². The number of aromatic hydroxyl groups is 1. The first-order chi connectivity index (χ1) is 15.1. The van der Waals surface area contributed by atoms with Crippen LogP contribution < -0.4 is 5.43 Å². The molecule has 1 aliphatic heterocycles. The molecule has 0 saturated heterocycles. The van der Waals surface area contributed by atoms with Crippen molar-refractivity contribution < 1.29 is 19.4 Å². The molecule has 3 aromatic rings. The van der Waals surface area contributed by atoms with Gasteiger partial charge < -0.3 is 19.7 Å². The Bertz CT molecular complexity index is 1240. The highest BCUT2D eigenvalue weighted by molar-refractivity contribution is 7.15. The quantitative estimate of drug-likeness (QED) is 0.614. The Labute approximate surface area is 188 Å². The molecule has 1 aliphatic rings. The lowest BCUT2D eigenvalue weighted by Crippen LogP contribution is -2.56. The number of fused-ring (bicyclic) bond motifs is 1. The maximum absolute atomic E-state index is 13.1. The fourth-order valence-electron chi connectivity index (χ4n) is 3.90. The van der Waals surface area contributed by atoms with Crippen LogP contribution in [0.2, 0.25) is 0 Å². The van der Waals surface area contributed by atoms with Gasteiger partial charge in [0.1, 0.15) is 10.8 Å². The number of hydrogen-bond donors (Lipinski definition) is 2. The molecule has 168 valence electrons. The molecule has 0 aliphatic carbocycles. The number of benzene rings is 1. The van der Waals surface area contributed by atoms with Crippen molar-refractivity contribution in [2.24, 2.45) is 0 Å². The molecule has 2 aromatic heterocycles. The second kappa shape index (κ2) is 8.14. The maximum atomic E-state index is 13.1. The monoisotopic (exact) mass is 457 g/mol. The maximum Gasteiger partial charge on any atom is 0.274 e. The predicted molar refractivity (Wildman–Crippen MR) is 120 cm³/mol. The number of rotatable bonds is 5. The molecule has 4 rings (SSSR count). The summed E-state index contributed by atoms with van der Waals surface area (Å²) in [5.41, 5.74) is -0.663. The number of aliphatic hydroxyl groups is 1. The number of carbonyl (C=O) groups is 1. The summed E-state index contributed by atoms with van der Waals surface area (Å²) in [7, 11) is 0. The van der Waals surface area contributed by atoms with Gasteiger partial charge in [-0.2, -0.15) is 0 Å². The molecular formula is C23H24FN3O4S. The highest BCUT2D eigenvalue weighted by Gasteiger charge is 2.42. The van der Waals surface area contributed by atoms with Crippen molar-refractivity contribution in [2.45, 2.75) is 38.8 Å². The summed E-state index contributed by atoms with van der Waals surface area (Å²) in [5, 5.41) is 21.3. The highest BCUT2D eigenvalue weighted by Crippen LogP contribution is 2.34. The Morgan fingerprint density at radius 1 is 1.25 bits per heavy atom. The van der Waals surface area contributed by atoms with E-state index in [1.165, 1.54) is 39.1 Å². The average Bonchev–Trinajstić information content (AvgIpc) is 3.22. The summed E-state index contributed by atoms with van der Waals surface area (Å²) in [4.78, 5) is 32.7. The van der Waals surface area contributed by atoms with Gasteiger partial charge in [0.2, 0.25) is 5.43 Å². The lowest BCUT2D eigenvalue weighted by atomic mass is 9.95. The second-order valence-electron chi connectivity index (χ2n) is 8.56. The molecule has 0 fully saturated rings. The van der Waals surface area contributed by atoms with E-state index in [-0.39, 0.29) is 36.3 Å². The van der Waals surface area contributed by atoms with Crippen molar-refractivity contribution in [1.29, 1.82) is 0 Å². The molecule has 7 nitrogen and oxygen atoms in total. The van der Waals surface area contributed by atoms with Gasteiger partial charge in [0, 0.05) is 36.3 Å². The van der Waals surface area contributed by atoms with Gasteiger partial charge in [0.05, 0.1) is 17.7 Å². The molecular weight excluding hydrogens is 433 g/mol. The molecule has 1 atom stereocenters. The van der Waals surface area contributed by atoms with Gasteiger partial charge in [-0.3, -0.25) is 9.59 Å². The Morgan fingerprint density at radius 2 is 1.94 bits per heavy atom. The van der Waals surface area contributed by atoms with Crippen LogP contribution in [0.4, 0.5) is 4.39 Å². The van der Waals surface area contributed by atoms with E-state index in [0.717, 1.165) is 10.4 Å². The molecule has 9 heteroatoms. The zero-order valence-corrected chi connectivity index (χ0v) is 18.8. The number of nitrogens with zero attached hydrogens (tertiary/aromatic N) is 3. The minimum atomic E-state index is -0.915. The molecule has 0 unspecified atom stereocenters. The zero-order chi connectivity index (χ0) is 23.2. The van der Waals surface area contributed by atoms with Crippen LogP contribution in [0.3, 0.4) is 0 Å². The summed E-state index contributed by atoms with van der Waals surface area (Å²) in [6.07, 6.45) is 3.66. The zero-order valence-electron chi connectivity index (χ0n) is 18.0. The van der Waals surface area contributed by atoms with E-state index in [4.69, 9.17) is 0 Å². The third-order valence-corrected chi connectivity index (χ3v) is 6.81. The molecule has 3 heterocycles. The topological polar surface area (TPSA) is 95.7 Å². The molecule has 1 aromatic carbocycles. The van der Waals surface area contributed by atoms with E-state index in [9.17, 15) is 24.2 Å². The summed E-state index contributed by atoms with van der Waals surface area (Å²) in [6.45, 7) is 5.41. The van der Waals surface area contributed by atoms with Crippen LogP contribution in [-0.2, 0) is 12.0 Å². The van der Waals surface area contributed by atoms with Crippen LogP contribution in [0.5, 0.6) is 5.75 Å². The van der Waals surface area contributed by atoms with Gasteiger partial charge in [0.15, 0.2) is 11.4 Å². The van der Waals surface area contributed by atoms with Gasteiger partial charge in [-0.1, -0.05) is 12.1 Å². The van der Waals surface area contributed by atoms with Gasteiger partial charge in [-0.15, -0.1) is 11.3 Å². The molecule has 0 bridgehead atoms. The number of halogens is 1. The third-order valence-electron chi connectivity index (χ3n) is 5.78. The molecule has 1 amide bonds. The van der Waals surface area contributed by atoms with Crippen molar-refractivity contribution in [2.75, 3.05) is 13.2 Å². The first-order valence-electron chi connectivity index (χ1n) is 10.2. The summed E-state index contributed by atoms with van der Waals surface area (Å²) in [5.74, 6) is -1.41. The largest absolute Gasteiger partial charge is 0.503 e. The summed E-state index contributed by atoms with van der Waals surface area (Å²) in [6, 6.07) is 5.99. The number of aliphatic hydroxyl groups excluding tert-OH is 1. The molecule has 0 radical (unpaired) electrons. The van der Waals surface area contributed by atoms with Crippen LogP contribution in [-0.4, -0.2) is 49.8 Å². The molecule has 2 N–H and O–H groups in total. The number of carbonyl (C=O) groups excluding carboxylic acids is 1. The van der Waals surface area contributed by atoms with Gasteiger partial charge >= 0.3 is 0 Å². The van der Waals surface area contributed by atoms with Crippen molar-refractivity contribution >= 4 is 17.2 Å². The minimum absolute atomic E-state index is 0.127. The number of thiazole rings is 1. The first kappa shape index (κ1) is 22.2. The fraction of sp³-hybridized carbons (Fsp3) is 0.348. The Morgan fingerprint density at radius 3 is 2.56 bits per heavy atom. The third kappa shape index (κ3) is 3.71. The minimum Gasteiger partial charge on any atom is -0.503 e. The summed E-state index contributed by atoms with van der Waals surface area (Å²) < 4.78 is 14.6. The van der Waals surface area contributed by atoms with Gasteiger partial charge in [-0.25, -0.2) is 9.37 Å². The normalized spacial score (nSPS) is 18.3. The average molecular weight is 458 g/mol. The number of amides is 1. The van der Waals surface area contributed by atoms with Crippen LogP contribution in [0, 0.1) is 5.82 Å². The number of hydrogen-bond acceptors (Lipinski definition) is 6. The second-order valence-corrected chi connectivity index (χ2v) is 9.67. The van der Waals surface area contributed by atoms with Crippen molar-refractivity contribution in [3.63, 3.8) is 0 Å². The van der Waals surface area contributed by atoms with Gasteiger partial charge in [-0.05, 0) is 38.5 Å². The fourth-order valence-corrected chi connectivity index (χ4v) is 4.85. The highest BCUT2D eigenvalue weighted by atomic mass is 32.1. The van der Waals surface area contributed by atoms with Crippen LogP contribution in [0.15, 0.2) is 41.5 Å². The lowest BCUT2D eigenvalue weighted by Gasteiger charge is -2.44. The Hall–Kier alpha value is -3.04. The predicted octanol–water partition coefficient (Wildman–Crippen LogP) is 2.98. The van der Waals surface area contributed by atoms with E-state index in [1.807, 2.05) is 13.8 Å². The summed E-state index contributed by atoms with van der Waals surface area (Å²) >= 11 is 1.29. The van der Waals surface area contributed by atoms with Crippen molar-refractivity contribution in [3.8, 4) is 16.3 Å². The Kier molecular flexibility index (Phi) is 5.64.